The van der Waals surface area contributed by atoms with Gasteiger partial charge in [-0.25, -0.2) is 18.1 Å². The Hall–Kier alpha value is -2.26. The second-order valence-electron chi connectivity index (χ2n) is 6.27. The van der Waals surface area contributed by atoms with Crippen molar-refractivity contribution in [3.63, 3.8) is 0 Å². The molecular weight excluding hydrogens is 418 g/mol. The molecule has 3 aromatic rings. The van der Waals surface area contributed by atoms with Gasteiger partial charge >= 0.3 is 0 Å². The number of nitrogens with zero attached hydrogens (tertiary/aromatic N) is 1. The highest BCUT2D eigenvalue weighted by Crippen LogP contribution is 2.30. The molecule has 0 aliphatic heterocycles. The fraction of sp³-hybridized carbons (Fsp3) is 0.158. The lowest BCUT2D eigenvalue weighted by atomic mass is 10.2. The summed E-state index contributed by atoms with van der Waals surface area (Å²) in [6.45, 7) is 3.48. The lowest BCUT2D eigenvalue weighted by Crippen LogP contribution is -2.30. The molecule has 146 valence electrons. The maximum Gasteiger partial charge on any atom is 0.257 e. The number of thiazole rings is 1. The minimum absolute atomic E-state index is 0.105. The number of aromatic nitrogens is 1. The molecule has 1 heterocycles. The first-order valence-electron chi connectivity index (χ1n) is 8.40. The number of hydrogen-bond donors (Lipinski definition) is 2. The van der Waals surface area contributed by atoms with E-state index in [1.165, 1.54) is 35.6 Å². The minimum Gasteiger partial charge on any atom is -0.298 e. The highest BCUT2D eigenvalue weighted by atomic mass is 35.5. The number of hydrogen-bond acceptors (Lipinski definition) is 5. The van der Waals surface area contributed by atoms with Gasteiger partial charge in [0.25, 0.3) is 5.91 Å². The Balaban J connectivity index is 1.73. The Kier molecular flexibility index (Phi) is 6.14. The number of rotatable bonds is 6. The van der Waals surface area contributed by atoms with E-state index in [1.54, 1.807) is 19.9 Å². The smallest absolute Gasteiger partial charge is 0.257 e. The van der Waals surface area contributed by atoms with Crippen LogP contribution in [0.25, 0.3) is 11.3 Å². The molecule has 0 aliphatic rings. The average molecular weight is 436 g/mol. The van der Waals surface area contributed by atoms with Crippen molar-refractivity contribution in [3.05, 3.63) is 64.5 Å². The highest BCUT2D eigenvalue weighted by molar-refractivity contribution is 7.89. The van der Waals surface area contributed by atoms with Crippen LogP contribution in [0.15, 0.2) is 58.8 Å². The van der Waals surface area contributed by atoms with E-state index < -0.39 is 10.0 Å². The van der Waals surface area contributed by atoms with E-state index in [1.807, 2.05) is 23.6 Å². The van der Waals surface area contributed by atoms with Gasteiger partial charge in [-0.2, -0.15) is 0 Å². The van der Waals surface area contributed by atoms with Crippen LogP contribution in [0, 0.1) is 0 Å². The van der Waals surface area contributed by atoms with E-state index in [2.05, 4.69) is 15.0 Å². The molecule has 3 rings (SSSR count). The van der Waals surface area contributed by atoms with Gasteiger partial charge in [0.15, 0.2) is 5.13 Å². The molecule has 0 bridgehead atoms. The maximum absolute atomic E-state index is 12.4. The minimum atomic E-state index is -3.60. The number of carbonyl (C=O) groups excluding carboxylic acids is 1. The van der Waals surface area contributed by atoms with Crippen molar-refractivity contribution in [1.29, 1.82) is 0 Å². The predicted molar refractivity (Wildman–Crippen MR) is 112 cm³/mol. The topological polar surface area (TPSA) is 88.2 Å². The molecule has 0 saturated carbocycles. The summed E-state index contributed by atoms with van der Waals surface area (Å²) in [5, 5.41) is 5.54. The molecule has 0 atom stereocenters. The van der Waals surface area contributed by atoms with Crippen molar-refractivity contribution in [2.75, 3.05) is 5.32 Å². The van der Waals surface area contributed by atoms with Crippen molar-refractivity contribution < 1.29 is 13.2 Å². The largest absolute Gasteiger partial charge is 0.298 e. The quantitative estimate of drug-likeness (QED) is 0.600. The van der Waals surface area contributed by atoms with Gasteiger partial charge in [0, 0.05) is 27.6 Å². The Morgan fingerprint density at radius 2 is 1.79 bits per heavy atom. The maximum atomic E-state index is 12.4. The number of anilines is 1. The average Bonchev–Trinajstić information content (AvgIpc) is 3.09. The molecule has 1 aromatic heterocycles. The molecule has 9 heteroatoms. The molecule has 1 amide bonds. The van der Waals surface area contributed by atoms with Crippen molar-refractivity contribution in [3.8, 4) is 11.3 Å². The van der Waals surface area contributed by atoms with Gasteiger partial charge in [-0.3, -0.25) is 10.1 Å². The summed E-state index contributed by atoms with van der Waals surface area (Å²) in [5.41, 5.74) is 1.79. The van der Waals surface area contributed by atoms with Crippen molar-refractivity contribution in [2.45, 2.75) is 24.8 Å². The highest BCUT2D eigenvalue weighted by Gasteiger charge is 2.17. The van der Waals surface area contributed by atoms with Crippen LogP contribution in [0.2, 0.25) is 5.02 Å². The predicted octanol–water partition coefficient (Wildman–Crippen LogP) is 4.40. The molecule has 28 heavy (non-hydrogen) atoms. The van der Waals surface area contributed by atoms with Crippen LogP contribution in [-0.2, 0) is 10.0 Å². The number of benzene rings is 2. The number of halogens is 1. The Morgan fingerprint density at radius 3 is 2.43 bits per heavy atom. The first kappa shape index (κ1) is 20.5. The van der Waals surface area contributed by atoms with E-state index in [9.17, 15) is 13.2 Å². The number of sulfonamides is 1. The van der Waals surface area contributed by atoms with Gasteiger partial charge in [-0.15, -0.1) is 11.3 Å². The normalized spacial score (nSPS) is 11.6. The molecule has 0 radical (unpaired) electrons. The molecule has 0 saturated heterocycles. The zero-order valence-electron chi connectivity index (χ0n) is 15.1. The van der Waals surface area contributed by atoms with Crippen LogP contribution >= 0.6 is 22.9 Å². The first-order valence-corrected chi connectivity index (χ1v) is 11.1. The molecule has 6 nitrogen and oxygen atoms in total. The second-order valence-corrected chi connectivity index (χ2v) is 9.25. The van der Waals surface area contributed by atoms with Crippen LogP contribution in [0.3, 0.4) is 0 Å². The van der Waals surface area contributed by atoms with Crippen molar-refractivity contribution in [2.24, 2.45) is 0 Å². The van der Waals surface area contributed by atoms with Crippen molar-refractivity contribution >= 4 is 44.0 Å². The summed E-state index contributed by atoms with van der Waals surface area (Å²) in [6.07, 6.45) is 0. The van der Waals surface area contributed by atoms with E-state index in [-0.39, 0.29) is 16.8 Å². The van der Waals surface area contributed by atoms with Gasteiger partial charge in [-0.1, -0.05) is 29.8 Å². The molecular formula is C19H18ClN3O3S2. The summed E-state index contributed by atoms with van der Waals surface area (Å²) in [7, 11) is -3.60. The van der Waals surface area contributed by atoms with Crippen LogP contribution in [0.1, 0.15) is 24.2 Å². The summed E-state index contributed by atoms with van der Waals surface area (Å²) in [6, 6.07) is 12.8. The third kappa shape index (κ3) is 4.77. The fourth-order valence-electron chi connectivity index (χ4n) is 2.46. The monoisotopic (exact) mass is 435 g/mol. The van der Waals surface area contributed by atoms with Crippen LogP contribution in [-0.4, -0.2) is 25.4 Å². The molecule has 2 aromatic carbocycles. The van der Waals surface area contributed by atoms with E-state index >= 15 is 0 Å². The lowest BCUT2D eigenvalue weighted by molar-refractivity contribution is 0.102. The fourth-order valence-corrected chi connectivity index (χ4v) is 4.65. The standard InChI is InChI=1S/C19H18ClN3O3S2/c1-12(2)23-28(25,26)14-9-7-13(8-10-14)18(24)22-19-21-17(11-27-19)15-5-3-4-6-16(15)20/h3-12,23H,1-2H3,(H,21,22,24). The van der Waals surface area contributed by atoms with E-state index in [4.69, 9.17) is 11.6 Å². The third-order valence-corrected chi connectivity index (χ3v) is 6.45. The Morgan fingerprint density at radius 1 is 1.11 bits per heavy atom. The molecule has 0 fully saturated rings. The van der Waals surface area contributed by atoms with Gasteiger partial charge in [0.05, 0.1) is 10.6 Å². The number of carbonyl (C=O) groups is 1. The summed E-state index contributed by atoms with van der Waals surface area (Å²) in [4.78, 5) is 16.9. The summed E-state index contributed by atoms with van der Waals surface area (Å²) >= 11 is 7.46. The van der Waals surface area contributed by atoms with E-state index in [0.717, 1.165) is 5.56 Å². The van der Waals surface area contributed by atoms with E-state index in [0.29, 0.717) is 21.4 Å². The third-order valence-electron chi connectivity index (χ3n) is 3.69. The van der Waals surface area contributed by atoms with Gasteiger partial charge in [0.2, 0.25) is 10.0 Å². The van der Waals surface area contributed by atoms with Crippen LogP contribution in [0.4, 0.5) is 5.13 Å². The number of nitrogens with one attached hydrogen (secondary N) is 2. The second kappa shape index (κ2) is 8.40. The van der Waals surface area contributed by atoms with Gasteiger partial charge in [0.1, 0.15) is 0 Å². The molecule has 0 unspecified atom stereocenters. The Bertz CT molecular complexity index is 1090. The van der Waals surface area contributed by atoms with Crippen LogP contribution in [0.5, 0.6) is 0 Å². The van der Waals surface area contributed by atoms with Crippen LogP contribution < -0.4 is 10.0 Å². The molecule has 2 N–H and O–H groups in total. The van der Waals surface area contributed by atoms with Crippen molar-refractivity contribution in [1.82, 2.24) is 9.71 Å². The molecule has 0 spiro atoms. The summed E-state index contributed by atoms with van der Waals surface area (Å²) in [5.74, 6) is -0.374. The lowest BCUT2D eigenvalue weighted by Gasteiger charge is -2.10. The number of amides is 1. The zero-order valence-corrected chi connectivity index (χ0v) is 17.5. The SMILES string of the molecule is CC(C)NS(=O)(=O)c1ccc(C(=O)Nc2nc(-c3ccccc3Cl)cs2)cc1. The zero-order chi connectivity index (χ0) is 20.3. The van der Waals surface area contributed by atoms with Gasteiger partial charge in [-0.05, 0) is 44.2 Å². The summed E-state index contributed by atoms with van der Waals surface area (Å²) < 4.78 is 26.8. The van der Waals surface area contributed by atoms with Gasteiger partial charge < -0.3 is 0 Å². The Labute approximate surface area is 172 Å². The first-order chi connectivity index (χ1) is 13.3. The molecule has 0 aliphatic carbocycles.